The molecule has 1 fully saturated rings. The van der Waals surface area contributed by atoms with Crippen LogP contribution in [0, 0.1) is 6.92 Å². The van der Waals surface area contributed by atoms with Crippen LogP contribution in [0.15, 0.2) is 47.4 Å². The van der Waals surface area contributed by atoms with E-state index in [0.717, 1.165) is 15.4 Å². The number of sulfonamides is 2. The van der Waals surface area contributed by atoms with Crippen molar-refractivity contribution < 1.29 is 21.6 Å². The minimum Gasteiger partial charge on any atom is -0.279 e. The van der Waals surface area contributed by atoms with Gasteiger partial charge in [-0.05, 0) is 48.2 Å². The Kier molecular flexibility index (Phi) is 5.24. The first kappa shape index (κ1) is 20.3. The maximum Gasteiger partial charge on any atom is 0.261 e. The largest absolute Gasteiger partial charge is 0.279 e. The smallest absolute Gasteiger partial charge is 0.261 e. The predicted octanol–water partition coefficient (Wildman–Crippen LogP) is 2.99. The number of nitrogens with one attached hydrogen (secondary N) is 1. The molecule has 9 heteroatoms. The normalized spacial score (nSPS) is 16.6. The van der Waals surface area contributed by atoms with Gasteiger partial charge in [0.2, 0.25) is 15.9 Å². The first-order valence-corrected chi connectivity index (χ1v) is 11.9. The highest BCUT2D eigenvalue weighted by atomic mass is 32.2. The van der Waals surface area contributed by atoms with E-state index in [-0.39, 0.29) is 28.7 Å². The van der Waals surface area contributed by atoms with Crippen LogP contribution < -0.4 is 9.03 Å². The Bertz CT molecular complexity index is 1120. The summed E-state index contributed by atoms with van der Waals surface area (Å²) < 4.78 is 53.1. The number of anilines is 2. The number of benzene rings is 2. The number of carbonyl (C=O) groups excluding carboxylic acids is 1. The summed E-state index contributed by atoms with van der Waals surface area (Å²) in [5, 5.41) is 0. The molecule has 1 saturated heterocycles. The highest BCUT2D eigenvalue weighted by Gasteiger charge is 2.36. The maximum absolute atomic E-state index is 12.8. The van der Waals surface area contributed by atoms with E-state index in [9.17, 15) is 21.6 Å². The molecule has 0 atom stereocenters. The second-order valence-corrected chi connectivity index (χ2v) is 10.6. The third-order valence-corrected chi connectivity index (χ3v) is 7.68. The van der Waals surface area contributed by atoms with Crippen LogP contribution in [0.5, 0.6) is 0 Å². The van der Waals surface area contributed by atoms with Gasteiger partial charge in [-0.2, -0.15) is 0 Å². The standard InChI is InChI=1S/C19H22N2O5S2/c1-13(2)17-6-4-5-14(3)19(17)20-28(25,26)16-9-7-15(8-10-16)21-18(22)11-12-27(21,23)24/h4-10,13,20H,11-12H2,1-3H3. The summed E-state index contributed by atoms with van der Waals surface area (Å²) in [5.74, 6) is -0.625. The van der Waals surface area contributed by atoms with Gasteiger partial charge in [-0.15, -0.1) is 0 Å². The van der Waals surface area contributed by atoms with E-state index in [0.29, 0.717) is 5.69 Å². The molecule has 7 nitrogen and oxygen atoms in total. The number of para-hydroxylation sites is 1. The van der Waals surface area contributed by atoms with Crippen LogP contribution in [0.25, 0.3) is 0 Å². The minimum atomic E-state index is -3.88. The Morgan fingerprint density at radius 3 is 2.25 bits per heavy atom. The van der Waals surface area contributed by atoms with Crippen molar-refractivity contribution in [2.45, 2.75) is 38.0 Å². The molecule has 150 valence electrons. The summed E-state index contributed by atoms with van der Waals surface area (Å²) >= 11 is 0. The highest BCUT2D eigenvalue weighted by molar-refractivity contribution is 7.94. The van der Waals surface area contributed by atoms with E-state index in [2.05, 4.69) is 4.72 Å². The van der Waals surface area contributed by atoms with Crippen molar-refractivity contribution in [2.24, 2.45) is 0 Å². The summed E-state index contributed by atoms with van der Waals surface area (Å²) in [6.45, 7) is 5.79. The number of amides is 1. The van der Waals surface area contributed by atoms with Gasteiger partial charge in [0.05, 0.1) is 22.0 Å². The Morgan fingerprint density at radius 2 is 1.71 bits per heavy atom. The van der Waals surface area contributed by atoms with Crippen molar-refractivity contribution in [2.75, 3.05) is 14.8 Å². The van der Waals surface area contributed by atoms with Gasteiger partial charge in [0, 0.05) is 6.42 Å². The second-order valence-electron chi connectivity index (χ2n) is 7.02. The monoisotopic (exact) mass is 422 g/mol. The Hall–Kier alpha value is -2.39. The molecule has 0 aliphatic carbocycles. The summed E-state index contributed by atoms with van der Waals surface area (Å²) in [6.07, 6.45) is -0.0742. The first-order chi connectivity index (χ1) is 13.0. The number of rotatable bonds is 5. The number of aryl methyl sites for hydroxylation is 1. The lowest BCUT2D eigenvalue weighted by Crippen LogP contribution is -2.29. The van der Waals surface area contributed by atoms with Gasteiger partial charge in [0.1, 0.15) is 0 Å². The van der Waals surface area contributed by atoms with Crippen molar-refractivity contribution in [3.63, 3.8) is 0 Å². The molecule has 0 bridgehead atoms. The second kappa shape index (κ2) is 7.21. The molecular weight excluding hydrogens is 400 g/mol. The molecule has 1 N–H and O–H groups in total. The lowest BCUT2D eigenvalue weighted by Gasteiger charge is -2.18. The van der Waals surface area contributed by atoms with Crippen molar-refractivity contribution in [3.05, 3.63) is 53.6 Å². The Labute approximate surface area is 165 Å². The van der Waals surface area contributed by atoms with Gasteiger partial charge in [0.25, 0.3) is 10.0 Å². The SMILES string of the molecule is Cc1cccc(C(C)C)c1NS(=O)(=O)c1ccc(N2C(=O)CCS2(=O)=O)cc1. The molecule has 2 aromatic rings. The van der Waals surface area contributed by atoms with Crippen molar-refractivity contribution in [1.29, 1.82) is 0 Å². The number of hydrogen-bond acceptors (Lipinski definition) is 5. The van der Waals surface area contributed by atoms with Crippen LogP contribution in [0.1, 0.15) is 37.3 Å². The third kappa shape index (κ3) is 3.77. The van der Waals surface area contributed by atoms with Crippen LogP contribution >= 0.6 is 0 Å². The number of nitrogens with zero attached hydrogens (tertiary/aromatic N) is 1. The molecule has 28 heavy (non-hydrogen) atoms. The predicted molar refractivity (Wildman–Crippen MR) is 108 cm³/mol. The van der Waals surface area contributed by atoms with Gasteiger partial charge in [-0.1, -0.05) is 32.0 Å². The van der Waals surface area contributed by atoms with Crippen LogP contribution in [0.3, 0.4) is 0 Å². The van der Waals surface area contributed by atoms with Crippen LogP contribution in [-0.2, 0) is 24.8 Å². The molecule has 0 unspecified atom stereocenters. The molecule has 1 aliphatic rings. The van der Waals surface area contributed by atoms with E-state index in [4.69, 9.17) is 0 Å². The molecule has 1 aliphatic heterocycles. The fraction of sp³-hybridized carbons (Fsp3) is 0.316. The van der Waals surface area contributed by atoms with Gasteiger partial charge in [0.15, 0.2) is 0 Å². The van der Waals surface area contributed by atoms with Crippen LogP contribution in [-0.4, -0.2) is 28.5 Å². The van der Waals surface area contributed by atoms with Crippen molar-refractivity contribution >= 4 is 37.3 Å². The topological polar surface area (TPSA) is 101 Å². The lowest BCUT2D eigenvalue weighted by atomic mass is 9.99. The molecule has 1 amide bonds. The minimum absolute atomic E-state index is 0.0155. The zero-order chi connectivity index (χ0) is 20.7. The van der Waals surface area contributed by atoms with Crippen LogP contribution in [0.2, 0.25) is 0 Å². The average Bonchev–Trinajstić information content (AvgIpc) is 2.89. The Balaban J connectivity index is 1.93. The first-order valence-electron chi connectivity index (χ1n) is 8.81. The van der Waals surface area contributed by atoms with Crippen molar-refractivity contribution in [3.8, 4) is 0 Å². The summed E-state index contributed by atoms with van der Waals surface area (Å²) in [5.41, 5.74) is 2.37. The maximum atomic E-state index is 12.8. The van der Waals surface area contributed by atoms with E-state index in [1.54, 1.807) is 0 Å². The quantitative estimate of drug-likeness (QED) is 0.798. The van der Waals surface area contributed by atoms with Crippen molar-refractivity contribution in [1.82, 2.24) is 0 Å². The Morgan fingerprint density at radius 1 is 1.07 bits per heavy atom. The molecule has 2 aromatic carbocycles. The third-order valence-electron chi connectivity index (χ3n) is 4.62. The fourth-order valence-corrected chi connectivity index (χ4v) is 5.75. The average molecular weight is 423 g/mol. The van der Waals surface area contributed by atoms with E-state index < -0.39 is 26.0 Å². The molecular formula is C19H22N2O5S2. The highest BCUT2D eigenvalue weighted by Crippen LogP contribution is 2.31. The lowest BCUT2D eigenvalue weighted by molar-refractivity contribution is -0.116. The molecule has 0 radical (unpaired) electrons. The molecule has 0 saturated carbocycles. The molecule has 0 spiro atoms. The van der Waals surface area contributed by atoms with E-state index in [1.807, 2.05) is 39.0 Å². The van der Waals surface area contributed by atoms with Crippen LogP contribution in [0.4, 0.5) is 11.4 Å². The summed E-state index contributed by atoms with van der Waals surface area (Å²) in [4.78, 5) is 11.9. The zero-order valence-corrected chi connectivity index (χ0v) is 17.5. The fourth-order valence-electron chi connectivity index (χ4n) is 3.13. The molecule has 1 heterocycles. The zero-order valence-electron chi connectivity index (χ0n) is 15.8. The van der Waals surface area contributed by atoms with E-state index in [1.165, 1.54) is 24.3 Å². The summed E-state index contributed by atoms with van der Waals surface area (Å²) in [7, 11) is -7.57. The number of hydrogen-bond donors (Lipinski definition) is 1. The van der Waals surface area contributed by atoms with Gasteiger partial charge >= 0.3 is 0 Å². The van der Waals surface area contributed by atoms with Gasteiger partial charge in [-0.3, -0.25) is 9.52 Å². The molecule has 0 aromatic heterocycles. The van der Waals surface area contributed by atoms with Gasteiger partial charge in [-0.25, -0.2) is 21.1 Å². The summed E-state index contributed by atoms with van der Waals surface area (Å²) in [6, 6.07) is 10.8. The van der Waals surface area contributed by atoms with Gasteiger partial charge < -0.3 is 0 Å². The van der Waals surface area contributed by atoms with E-state index >= 15 is 0 Å². The molecule has 3 rings (SSSR count). The number of carbonyl (C=O) groups is 1.